The highest BCUT2D eigenvalue weighted by Crippen LogP contribution is 2.36. The number of halogens is 1. The minimum absolute atomic E-state index is 0.986. The van der Waals surface area contributed by atoms with Gasteiger partial charge in [0.15, 0.2) is 0 Å². The molecule has 4 aromatic carbocycles. The molecule has 0 aliphatic heterocycles. The number of benzene rings is 4. The zero-order chi connectivity index (χ0) is 18.9. The molecule has 0 fully saturated rings. The molecule has 0 aliphatic rings. The largest absolute Gasteiger partial charge is 0.310 e. The van der Waals surface area contributed by atoms with E-state index >= 15 is 0 Å². The summed E-state index contributed by atoms with van der Waals surface area (Å²) in [5.41, 5.74) is 5.31. The third-order valence-electron chi connectivity index (χ3n) is 4.87. The van der Waals surface area contributed by atoms with Crippen molar-refractivity contribution in [2.75, 3.05) is 4.90 Å². The van der Waals surface area contributed by atoms with Crippen molar-refractivity contribution in [1.82, 2.24) is 4.98 Å². The van der Waals surface area contributed by atoms with Gasteiger partial charge in [-0.3, -0.25) is 0 Å². The van der Waals surface area contributed by atoms with Crippen molar-refractivity contribution in [3.63, 3.8) is 0 Å². The summed E-state index contributed by atoms with van der Waals surface area (Å²) in [6, 6.07) is 35.6. The summed E-state index contributed by atoms with van der Waals surface area (Å²) in [5.74, 6) is 0. The summed E-state index contributed by atoms with van der Waals surface area (Å²) in [7, 11) is 0. The summed E-state index contributed by atoms with van der Waals surface area (Å²) in [5, 5.41) is 2.26. The summed E-state index contributed by atoms with van der Waals surface area (Å²) < 4.78 is 1.07. The lowest BCUT2D eigenvalue weighted by Crippen LogP contribution is -2.09. The Kier molecular flexibility index (Phi) is 4.30. The third kappa shape index (κ3) is 3.04. The number of aromatic nitrogens is 1. The Morgan fingerprint density at radius 2 is 1.25 bits per heavy atom. The number of hydrogen-bond donors (Lipinski definition) is 0. The molecule has 0 saturated carbocycles. The molecule has 28 heavy (non-hydrogen) atoms. The van der Waals surface area contributed by atoms with E-state index in [0.717, 1.165) is 43.3 Å². The molecule has 0 spiro atoms. The SMILES string of the molecule is Brc1cccc2nc3cc(N(c4ccccc4)c4ccccc4)ccc3cc12. The van der Waals surface area contributed by atoms with Crippen LogP contribution in [-0.2, 0) is 0 Å². The van der Waals surface area contributed by atoms with Crippen molar-refractivity contribution in [3.05, 3.63) is 108 Å². The number of para-hydroxylation sites is 2. The number of nitrogens with zero attached hydrogens (tertiary/aromatic N) is 2. The molecule has 0 bridgehead atoms. The van der Waals surface area contributed by atoms with Gasteiger partial charge in [0.2, 0.25) is 0 Å². The van der Waals surface area contributed by atoms with Crippen molar-refractivity contribution in [2.45, 2.75) is 0 Å². The van der Waals surface area contributed by atoms with Crippen LogP contribution in [0.5, 0.6) is 0 Å². The molecular formula is C25H17BrN2. The lowest BCUT2D eigenvalue weighted by molar-refractivity contribution is 1.28. The zero-order valence-corrected chi connectivity index (χ0v) is 16.7. The van der Waals surface area contributed by atoms with Crippen molar-refractivity contribution in [2.24, 2.45) is 0 Å². The lowest BCUT2D eigenvalue weighted by Gasteiger charge is -2.25. The van der Waals surface area contributed by atoms with Gasteiger partial charge < -0.3 is 4.90 Å². The summed E-state index contributed by atoms with van der Waals surface area (Å²) in [6.07, 6.45) is 0. The highest BCUT2D eigenvalue weighted by Gasteiger charge is 2.13. The Labute approximate surface area is 172 Å². The van der Waals surface area contributed by atoms with E-state index in [9.17, 15) is 0 Å². The first kappa shape index (κ1) is 17.0. The van der Waals surface area contributed by atoms with Crippen LogP contribution in [0.2, 0.25) is 0 Å². The van der Waals surface area contributed by atoms with Crippen LogP contribution in [0, 0.1) is 0 Å². The molecule has 3 heteroatoms. The highest BCUT2D eigenvalue weighted by atomic mass is 79.9. The minimum Gasteiger partial charge on any atom is -0.310 e. The molecule has 0 amide bonds. The third-order valence-corrected chi connectivity index (χ3v) is 5.56. The minimum atomic E-state index is 0.986. The van der Waals surface area contributed by atoms with Crippen molar-refractivity contribution in [1.29, 1.82) is 0 Å². The average Bonchev–Trinajstić information content (AvgIpc) is 2.75. The molecule has 0 radical (unpaired) electrons. The molecule has 0 unspecified atom stereocenters. The normalized spacial score (nSPS) is 11.0. The first-order valence-corrected chi connectivity index (χ1v) is 9.98. The fourth-order valence-corrected chi connectivity index (χ4v) is 4.01. The standard InChI is InChI=1S/C25H17BrN2/c26-23-12-7-13-24-22(23)16-18-14-15-21(17-25(18)27-24)28(19-8-3-1-4-9-19)20-10-5-2-6-11-20/h1-17H. The summed E-state index contributed by atoms with van der Waals surface area (Å²) >= 11 is 3.63. The molecule has 1 heterocycles. The summed E-state index contributed by atoms with van der Waals surface area (Å²) in [4.78, 5) is 7.17. The van der Waals surface area contributed by atoms with E-state index < -0.39 is 0 Å². The Bertz CT molecular complexity index is 1230. The van der Waals surface area contributed by atoms with Crippen LogP contribution in [0.4, 0.5) is 17.1 Å². The van der Waals surface area contributed by atoms with Crippen LogP contribution in [0.3, 0.4) is 0 Å². The maximum absolute atomic E-state index is 4.91. The van der Waals surface area contributed by atoms with Crippen LogP contribution in [0.1, 0.15) is 0 Å². The van der Waals surface area contributed by atoms with E-state index in [4.69, 9.17) is 4.98 Å². The van der Waals surface area contributed by atoms with Crippen LogP contribution >= 0.6 is 15.9 Å². The van der Waals surface area contributed by atoms with Gasteiger partial charge in [-0.1, -0.05) is 64.5 Å². The number of hydrogen-bond acceptors (Lipinski definition) is 2. The van der Waals surface area contributed by atoms with E-state index in [2.05, 4.69) is 106 Å². The van der Waals surface area contributed by atoms with E-state index in [1.807, 2.05) is 18.2 Å². The van der Waals surface area contributed by atoms with Gasteiger partial charge in [0.1, 0.15) is 0 Å². The molecule has 0 atom stereocenters. The lowest BCUT2D eigenvalue weighted by atomic mass is 10.1. The van der Waals surface area contributed by atoms with Gasteiger partial charge in [-0.05, 0) is 54.6 Å². The van der Waals surface area contributed by atoms with Crippen molar-refractivity contribution in [3.8, 4) is 0 Å². The molecule has 5 rings (SSSR count). The predicted octanol–water partition coefficient (Wildman–Crippen LogP) is 7.62. The zero-order valence-electron chi connectivity index (χ0n) is 15.1. The second-order valence-electron chi connectivity index (χ2n) is 6.68. The monoisotopic (exact) mass is 424 g/mol. The van der Waals surface area contributed by atoms with Crippen LogP contribution in [-0.4, -0.2) is 4.98 Å². The number of pyridine rings is 1. The van der Waals surface area contributed by atoms with Gasteiger partial charge in [0, 0.05) is 32.3 Å². The fourth-order valence-electron chi connectivity index (χ4n) is 3.54. The molecule has 0 aliphatic carbocycles. The van der Waals surface area contributed by atoms with E-state index in [-0.39, 0.29) is 0 Å². The molecule has 0 saturated heterocycles. The number of anilines is 3. The Morgan fingerprint density at radius 1 is 0.571 bits per heavy atom. The molecule has 5 aromatic rings. The Balaban J connectivity index is 1.71. The smallest absolute Gasteiger partial charge is 0.0730 e. The van der Waals surface area contributed by atoms with E-state index in [1.165, 1.54) is 0 Å². The quantitative estimate of drug-likeness (QED) is 0.277. The number of fused-ring (bicyclic) bond motifs is 2. The second kappa shape index (κ2) is 7.10. The average molecular weight is 425 g/mol. The van der Waals surface area contributed by atoms with Gasteiger partial charge in [0.05, 0.1) is 11.0 Å². The maximum Gasteiger partial charge on any atom is 0.0730 e. The van der Waals surface area contributed by atoms with Gasteiger partial charge in [-0.15, -0.1) is 0 Å². The summed E-state index contributed by atoms with van der Waals surface area (Å²) in [6.45, 7) is 0. The van der Waals surface area contributed by atoms with E-state index in [1.54, 1.807) is 0 Å². The first-order valence-electron chi connectivity index (χ1n) is 9.19. The van der Waals surface area contributed by atoms with Gasteiger partial charge in [0.25, 0.3) is 0 Å². The molecule has 2 nitrogen and oxygen atoms in total. The molecule has 134 valence electrons. The topological polar surface area (TPSA) is 16.1 Å². The molecule has 1 aromatic heterocycles. The Morgan fingerprint density at radius 3 is 1.93 bits per heavy atom. The Hall–Kier alpha value is -3.17. The second-order valence-corrected chi connectivity index (χ2v) is 7.53. The van der Waals surface area contributed by atoms with Gasteiger partial charge in [-0.25, -0.2) is 4.98 Å². The maximum atomic E-state index is 4.91. The predicted molar refractivity (Wildman–Crippen MR) is 122 cm³/mol. The number of rotatable bonds is 3. The van der Waals surface area contributed by atoms with Crippen molar-refractivity contribution < 1.29 is 0 Å². The van der Waals surface area contributed by atoms with Crippen LogP contribution < -0.4 is 4.90 Å². The van der Waals surface area contributed by atoms with Crippen LogP contribution in [0.15, 0.2) is 108 Å². The van der Waals surface area contributed by atoms with Gasteiger partial charge >= 0.3 is 0 Å². The van der Waals surface area contributed by atoms with Crippen LogP contribution in [0.25, 0.3) is 21.8 Å². The highest BCUT2D eigenvalue weighted by molar-refractivity contribution is 9.10. The first-order chi connectivity index (χ1) is 13.8. The molecular weight excluding hydrogens is 408 g/mol. The van der Waals surface area contributed by atoms with Crippen molar-refractivity contribution >= 4 is 54.8 Å². The van der Waals surface area contributed by atoms with E-state index in [0.29, 0.717) is 0 Å². The molecule has 0 N–H and O–H groups in total. The fraction of sp³-hybridized carbons (Fsp3) is 0. The van der Waals surface area contributed by atoms with Gasteiger partial charge in [-0.2, -0.15) is 0 Å².